The van der Waals surface area contributed by atoms with E-state index < -0.39 is 0 Å². The Balaban J connectivity index is 1.44. The molecule has 0 unspecified atom stereocenters. The van der Waals surface area contributed by atoms with E-state index in [1.807, 2.05) is 13.0 Å². The van der Waals surface area contributed by atoms with Crippen LogP contribution >= 0.6 is 11.6 Å². The van der Waals surface area contributed by atoms with Gasteiger partial charge in [0.25, 0.3) is 0 Å². The van der Waals surface area contributed by atoms with Crippen molar-refractivity contribution >= 4 is 23.2 Å². The number of anilines is 2. The van der Waals surface area contributed by atoms with E-state index in [0.29, 0.717) is 34.1 Å². The molecule has 0 amide bonds. The standard InChI is InChI=1S/C26H31ClN4O4/c1-16-20(25(27)24(34-4)12-22(16)32-2)15-35-19-13-29-26(30-14-19)31-21-6-5-18(11-23(21)33-3)17-7-9-28-10-8-17/h5-6,11-14,17,28H,7-10,15H2,1-4H3,(H,29,30,31). The summed E-state index contributed by atoms with van der Waals surface area (Å²) in [5, 5.41) is 7.13. The summed E-state index contributed by atoms with van der Waals surface area (Å²) in [4.78, 5) is 8.79. The predicted molar refractivity (Wildman–Crippen MR) is 137 cm³/mol. The fourth-order valence-electron chi connectivity index (χ4n) is 4.24. The number of hydrogen-bond donors (Lipinski definition) is 2. The zero-order valence-corrected chi connectivity index (χ0v) is 21.2. The topological polar surface area (TPSA) is 86.8 Å². The molecule has 3 aromatic rings. The van der Waals surface area contributed by atoms with E-state index in [-0.39, 0.29) is 6.61 Å². The third kappa shape index (κ3) is 5.71. The van der Waals surface area contributed by atoms with E-state index in [0.717, 1.165) is 48.5 Å². The summed E-state index contributed by atoms with van der Waals surface area (Å²) in [6, 6.07) is 8.03. The molecule has 0 spiro atoms. The van der Waals surface area contributed by atoms with Crippen LogP contribution in [0.1, 0.15) is 35.4 Å². The predicted octanol–water partition coefficient (Wildman–Crippen LogP) is 5.25. The molecule has 9 heteroatoms. The van der Waals surface area contributed by atoms with Crippen molar-refractivity contribution in [1.82, 2.24) is 15.3 Å². The quantitative estimate of drug-likeness (QED) is 0.413. The second-order valence-electron chi connectivity index (χ2n) is 8.34. The van der Waals surface area contributed by atoms with Gasteiger partial charge in [-0.1, -0.05) is 17.7 Å². The molecule has 2 N–H and O–H groups in total. The number of halogens is 1. The van der Waals surface area contributed by atoms with E-state index in [1.165, 1.54) is 5.56 Å². The van der Waals surface area contributed by atoms with Gasteiger partial charge in [-0.2, -0.15) is 0 Å². The average molecular weight is 499 g/mol. The highest BCUT2D eigenvalue weighted by atomic mass is 35.5. The van der Waals surface area contributed by atoms with Gasteiger partial charge in [0, 0.05) is 11.6 Å². The summed E-state index contributed by atoms with van der Waals surface area (Å²) in [6.45, 7) is 4.25. The smallest absolute Gasteiger partial charge is 0.227 e. The fourth-order valence-corrected chi connectivity index (χ4v) is 4.56. The molecule has 1 aromatic heterocycles. The van der Waals surface area contributed by atoms with Crippen LogP contribution in [0, 0.1) is 6.92 Å². The van der Waals surface area contributed by atoms with Gasteiger partial charge < -0.3 is 29.6 Å². The maximum absolute atomic E-state index is 6.50. The van der Waals surface area contributed by atoms with Gasteiger partial charge in [0.1, 0.15) is 23.9 Å². The van der Waals surface area contributed by atoms with Crippen LogP contribution in [-0.2, 0) is 6.61 Å². The van der Waals surface area contributed by atoms with Crippen LogP contribution in [0.5, 0.6) is 23.0 Å². The van der Waals surface area contributed by atoms with Gasteiger partial charge in [0.2, 0.25) is 5.95 Å². The molecule has 0 aliphatic carbocycles. The Morgan fingerprint density at radius 3 is 2.31 bits per heavy atom. The first-order chi connectivity index (χ1) is 17.0. The van der Waals surface area contributed by atoms with Gasteiger partial charge in [-0.05, 0) is 62.0 Å². The lowest BCUT2D eigenvalue weighted by Gasteiger charge is -2.24. The van der Waals surface area contributed by atoms with Crippen LogP contribution in [-0.4, -0.2) is 44.4 Å². The SMILES string of the molecule is COc1cc(C2CCNCC2)ccc1Nc1ncc(OCc2c(C)c(OC)cc(OC)c2Cl)cn1. The molecule has 2 heterocycles. The molecule has 0 atom stereocenters. The molecule has 186 valence electrons. The van der Waals surface area contributed by atoms with E-state index in [4.69, 9.17) is 30.5 Å². The molecule has 1 aliphatic rings. The number of aromatic nitrogens is 2. The van der Waals surface area contributed by atoms with Crippen LogP contribution in [0.3, 0.4) is 0 Å². The molecular formula is C26H31ClN4O4. The van der Waals surface area contributed by atoms with Crippen molar-refractivity contribution < 1.29 is 18.9 Å². The van der Waals surface area contributed by atoms with Crippen molar-refractivity contribution in [2.24, 2.45) is 0 Å². The molecule has 0 radical (unpaired) electrons. The van der Waals surface area contributed by atoms with Gasteiger partial charge in [-0.25, -0.2) is 9.97 Å². The van der Waals surface area contributed by atoms with E-state index in [2.05, 4.69) is 32.7 Å². The summed E-state index contributed by atoms with van der Waals surface area (Å²) < 4.78 is 22.3. The number of benzene rings is 2. The van der Waals surface area contributed by atoms with Crippen molar-refractivity contribution in [3.05, 3.63) is 58.4 Å². The fraction of sp³-hybridized carbons (Fsp3) is 0.385. The zero-order chi connectivity index (χ0) is 24.8. The monoisotopic (exact) mass is 498 g/mol. The Bertz CT molecular complexity index is 1120. The molecule has 2 aromatic carbocycles. The Morgan fingerprint density at radius 1 is 0.971 bits per heavy atom. The lowest BCUT2D eigenvalue weighted by molar-refractivity contribution is 0.300. The minimum Gasteiger partial charge on any atom is -0.496 e. The van der Waals surface area contributed by atoms with Crippen LogP contribution in [0.25, 0.3) is 0 Å². The van der Waals surface area contributed by atoms with Gasteiger partial charge in [0.15, 0.2) is 5.75 Å². The van der Waals surface area contributed by atoms with Crippen molar-refractivity contribution in [3.8, 4) is 23.0 Å². The maximum Gasteiger partial charge on any atom is 0.227 e. The van der Waals surface area contributed by atoms with Crippen LogP contribution in [0.4, 0.5) is 11.6 Å². The van der Waals surface area contributed by atoms with Crippen molar-refractivity contribution in [1.29, 1.82) is 0 Å². The third-order valence-electron chi connectivity index (χ3n) is 6.30. The minimum atomic E-state index is 0.223. The van der Waals surface area contributed by atoms with E-state index in [9.17, 15) is 0 Å². The first-order valence-corrected chi connectivity index (χ1v) is 11.9. The Morgan fingerprint density at radius 2 is 1.66 bits per heavy atom. The van der Waals surface area contributed by atoms with Crippen LogP contribution in [0.15, 0.2) is 36.7 Å². The lowest BCUT2D eigenvalue weighted by Crippen LogP contribution is -2.26. The summed E-state index contributed by atoms with van der Waals surface area (Å²) in [5.74, 6) is 3.49. The number of hydrogen-bond acceptors (Lipinski definition) is 8. The largest absolute Gasteiger partial charge is 0.496 e. The third-order valence-corrected chi connectivity index (χ3v) is 6.71. The minimum absolute atomic E-state index is 0.223. The molecule has 0 saturated carbocycles. The Labute approximate surface area is 210 Å². The lowest BCUT2D eigenvalue weighted by atomic mass is 9.90. The highest BCUT2D eigenvalue weighted by Crippen LogP contribution is 2.37. The Kier molecular flexibility index (Phi) is 8.15. The zero-order valence-electron chi connectivity index (χ0n) is 20.5. The number of rotatable bonds is 9. The summed E-state index contributed by atoms with van der Waals surface area (Å²) >= 11 is 6.50. The molecule has 1 aliphatic heterocycles. The van der Waals surface area contributed by atoms with Gasteiger partial charge in [-0.15, -0.1) is 0 Å². The normalized spacial score (nSPS) is 13.9. The highest BCUT2D eigenvalue weighted by molar-refractivity contribution is 6.33. The molecule has 8 nitrogen and oxygen atoms in total. The Hall–Kier alpha value is -3.23. The number of nitrogens with zero attached hydrogens (tertiary/aromatic N) is 2. The molecule has 1 fully saturated rings. The van der Waals surface area contributed by atoms with Crippen molar-refractivity contribution in [3.63, 3.8) is 0 Å². The van der Waals surface area contributed by atoms with Gasteiger partial charge >= 0.3 is 0 Å². The maximum atomic E-state index is 6.50. The highest BCUT2D eigenvalue weighted by Gasteiger charge is 2.18. The number of methoxy groups -OCH3 is 3. The molecular weight excluding hydrogens is 468 g/mol. The van der Waals surface area contributed by atoms with E-state index in [1.54, 1.807) is 39.8 Å². The van der Waals surface area contributed by atoms with Crippen LogP contribution in [0.2, 0.25) is 5.02 Å². The molecule has 35 heavy (non-hydrogen) atoms. The average Bonchev–Trinajstić information content (AvgIpc) is 2.90. The molecule has 0 bridgehead atoms. The first kappa shape index (κ1) is 24.9. The summed E-state index contributed by atoms with van der Waals surface area (Å²) in [6.07, 6.45) is 5.50. The second-order valence-corrected chi connectivity index (χ2v) is 8.72. The number of ether oxygens (including phenoxy) is 4. The van der Waals surface area contributed by atoms with Crippen molar-refractivity contribution in [2.75, 3.05) is 39.7 Å². The van der Waals surface area contributed by atoms with Gasteiger partial charge in [-0.3, -0.25) is 0 Å². The summed E-state index contributed by atoms with van der Waals surface area (Å²) in [7, 11) is 4.84. The summed E-state index contributed by atoms with van der Waals surface area (Å²) in [5.41, 5.74) is 3.77. The van der Waals surface area contributed by atoms with Crippen LogP contribution < -0.4 is 29.6 Å². The first-order valence-electron chi connectivity index (χ1n) is 11.5. The number of piperidine rings is 1. The molecule has 4 rings (SSSR count). The van der Waals surface area contributed by atoms with Gasteiger partial charge in [0.05, 0.1) is 44.4 Å². The van der Waals surface area contributed by atoms with E-state index >= 15 is 0 Å². The second kappa shape index (κ2) is 11.5. The molecule has 1 saturated heterocycles. The van der Waals surface area contributed by atoms with Crippen molar-refractivity contribution in [2.45, 2.75) is 32.3 Å². The number of nitrogens with one attached hydrogen (secondary N) is 2.